The zero-order valence-electron chi connectivity index (χ0n) is 10.5. The van der Waals surface area contributed by atoms with E-state index < -0.39 is 0 Å². The fraction of sp³-hybridized carbons (Fsp3) is 0.385. The number of carbonyl (C=O) groups is 1. The Labute approximate surface area is 117 Å². The van der Waals surface area contributed by atoms with Crippen LogP contribution in [0.3, 0.4) is 0 Å². The lowest BCUT2D eigenvalue weighted by atomic mass is 10.0. The van der Waals surface area contributed by atoms with E-state index in [1.807, 2.05) is 24.3 Å². The van der Waals surface area contributed by atoms with E-state index >= 15 is 0 Å². The van der Waals surface area contributed by atoms with E-state index in [1.54, 1.807) is 0 Å². The number of anilines is 1. The van der Waals surface area contributed by atoms with Crippen molar-refractivity contribution in [2.24, 2.45) is 0 Å². The zero-order valence-corrected chi connectivity index (χ0v) is 11.3. The highest BCUT2D eigenvalue weighted by atomic mass is 35.5. The first-order chi connectivity index (χ1) is 8.83. The van der Waals surface area contributed by atoms with Crippen molar-refractivity contribution < 1.29 is 4.79 Å². The molecule has 3 N–H and O–H groups in total. The smallest absolute Gasteiger partial charge is 0.243 e. The molecule has 1 aliphatic heterocycles. The molecule has 1 aliphatic rings. The number of nitrogens with zero attached hydrogens (tertiary/aromatic N) is 1. The van der Waals surface area contributed by atoms with E-state index in [1.165, 1.54) is 0 Å². The van der Waals surface area contributed by atoms with E-state index in [0.717, 1.165) is 36.8 Å². The first-order valence-electron chi connectivity index (χ1n) is 6.32. The van der Waals surface area contributed by atoms with Crippen LogP contribution in [0.4, 0.5) is 5.95 Å². The Hall–Kier alpha value is -1.59. The van der Waals surface area contributed by atoms with Gasteiger partial charge in [0.05, 0.1) is 17.1 Å². The molecule has 0 spiro atoms. The predicted octanol–water partition coefficient (Wildman–Crippen LogP) is 2.07. The fourth-order valence-electron chi connectivity index (χ4n) is 2.29. The van der Waals surface area contributed by atoms with Gasteiger partial charge >= 0.3 is 0 Å². The standard InChI is InChI=1S/C13H16N4O.ClH/c18-12(11-7-3-4-8-14-11)17-13-15-9-5-1-2-6-10(9)16-13;/h1-2,5-6,11,14H,3-4,7-8H2,(H2,15,16,17,18);1H/t11-;/m0./s1. The number of carbonyl (C=O) groups excluding carboxylic acids is 1. The monoisotopic (exact) mass is 280 g/mol. The van der Waals surface area contributed by atoms with Crippen LogP contribution in [0.1, 0.15) is 19.3 Å². The van der Waals surface area contributed by atoms with Crippen molar-refractivity contribution in [3.63, 3.8) is 0 Å². The summed E-state index contributed by atoms with van der Waals surface area (Å²) in [6, 6.07) is 7.63. The van der Waals surface area contributed by atoms with Gasteiger partial charge in [-0.15, -0.1) is 12.4 Å². The molecule has 2 aromatic rings. The summed E-state index contributed by atoms with van der Waals surface area (Å²) in [5.41, 5.74) is 1.80. The van der Waals surface area contributed by atoms with Gasteiger partial charge < -0.3 is 10.3 Å². The van der Waals surface area contributed by atoms with E-state index in [9.17, 15) is 4.79 Å². The highest BCUT2D eigenvalue weighted by Gasteiger charge is 2.21. The third-order valence-corrected chi connectivity index (χ3v) is 3.26. The van der Waals surface area contributed by atoms with Crippen molar-refractivity contribution in [3.05, 3.63) is 24.3 Å². The Morgan fingerprint density at radius 3 is 2.89 bits per heavy atom. The number of rotatable bonds is 2. The molecule has 0 bridgehead atoms. The summed E-state index contributed by atoms with van der Waals surface area (Å²) in [5, 5.41) is 6.05. The van der Waals surface area contributed by atoms with Gasteiger partial charge in [0.15, 0.2) is 0 Å². The summed E-state index contributed by atoms with van der Waals surface area (Å²) in [6.45, 7) is 0.915. The van der Waals surface area contributed by atoms with Gasteiger partial charge in [-0.1, -0.05) is 18.6 Å². The lowest BCUT2D eigenvalue weighted by molar-refractivity contribution is -0.118. The molecule has 102 valence electrons. The summed E-state index contributed by atoms with van der Waals surface area (Å²) >= 11 is 0. The van der Waals surface area contributed by atoms with Crippen molar-refractivity contribution in [3.8, 4) is 0 Å². The third-order valence-electron chi connectivity index (χ3n) is 3.26. The number of piperidine rings is 1. The number of amides is 1. The molecule has 2 heterocycles. The molecule has 1 amide bonds. The molecule has 0 saturated carbocycles. The third kappa shape index (κ3) is 3.05. The van der Waals surface area contributed by atoms with Gasteiger partial charge in [0, 0.05) is 0 Å². The molecule has 5 nitrogen and oxygen atoms in total. The molecule has 1 atom stereocenters. The second-order valence-corrected chi connectivity index (χ2v) is 4.59. The topological polar surface area (TPSA) is 69.8 Å². The SMILES string of the molecule is Cl.O=C(Nc1nc2ccccc2[nH]1)[C@@H]1CCCCN1. The van der Waals surface area contributed by atoms with Gasteiger partial charge in [-0.25, -0.2) is 4.98 Å². The van der Waals surface area contributed by atoms with E-state index in [0.29, 0.717) is 5.95 Å². The Bertz CT molecular complexity index is 530. The van der Waals surface area contributed by atoms with Gasteiger partial charge in [0.1, 0.15) is 0 Å². The van der Waals surface area contributed by atoms with Crippen molar-refractivity contribution >= 4 is 35.3 Å². The van der Waals surface area contributed by atoms with Crippen LogP contribution in [-0.4, -0.2) is 28.5 Å². The van der Waals surface area contributed by atoms with Gasteiger partial charge in [-0.05, 0) is 31.5 Å². The molecular weight excluding hydrogens is 264 g/mol. The lowest BCUT2D eigenvalue weighted by Crippen LogP contribution is -2.43. The summed E-state index contributed by atoms with van der Waals surface area (Å²) in [7, 11) is 0. The fourth-order valence-corrected chi connectivity index (χ4v) is 2.29. The molecule has 1 fully saturated rings. The van der Waals surface area contributed by atoms with Crippen LogP contribution in [-0.2, 0) is 4.79 Å². The largest absolute Gasteiger partial charge is 0.324 e. The lowest BCUT2D eigenvalue weighted by Gasteiger charge is -2.21. The van der Waals surface area contributed by atoms with Crippen LogP contribution in [0, 0.1) is 0 Å². The first-order valence-corrected chi connectivity index (χ1v) is 6.32. The molecule has 0 radical (unpaired) electrons. The van der Waals surface area contributed by atoms with Gasteiger partial charge in [-0.3, -0.25) is 10.1 Å². The Morgan fingerprint density at radius 2 is 2.16 bits per heavy atom. The normalized spacial score (nSPS) is 18.8. The van der Waals surface area contributed by atoms with E-state index in [4.69, 9.17) is 0 Å². The van der Waals surface area contributed by atoms with Crippen LogP contribution in [0.2, 0.25) is 0 Å². The van der Waals surface area contributed by atoms with Crippen LogP contribution in [0.5, 0.6) is 0 Å². The highest BCUT2D eigenvalue weighted by molar-refractivity contribution is 5.94. The number of H-pyrrole nitrogens is 1. The predicted molar refractivity (Wildman–Crippen MR) is 77.6 cm³/mol. The Balaban J connectivity index is 0.00000133. The molecule has 19 heavy (non-hydrogen) atoms. The number of nitrogens with one attached hydrogen (secondary N) is 3. The highest BCUT2D eigenvalue weighted by Crippen LogP contribution is 2.14. The average molecular weight is 281 g/mol. The zero-order chi connectivity index (χ0) is 12.4. The number of hydrogen-bond donors (Lipinski definition) is 3. The van der Waals surface area contributed by atoms with Gasteiger partial charge in [-0.2, -0.15) is 0 Å². The van der Waals surface area contributed by atoms with Crippen molar-refractivity contribution in [2.75, 3.05) is 11.9 Å². The minimum absolute atomic E-state index is 0. The minimum atomic E-state index is -0.0908. The number of fused-ring (bicyclic) bond motifs is 1. The molecule has 1 aromatic heterocycles. The van der Waals surface area contributed by atoms with Crippen LogP contribution < -0.4 is 10.6 Å². The summed E-state index contributed by atoms with van der Waals surface area (Å²) in [4.78, 5) is 19.4. The average Bonchev–Trinajstić information content (AvgIpc) is 2.82. The van der Waals surface area contributed by atoms with Crippen molar-refractivity contribution in [2.45, 2.75) is 25.3 Å². The molecule has 1 saturated heterocycles. The van der Waals surface area contributed by atoms with Gasteiger partial charge in [0.2, 0.25) is 11.9 Å². The second kappa shape index (κ2) is 6.04. The molecule has 1 aromatic carbocycles. The van der Waals surface area contributed by atoms with Crippen LogP contribution in [0.25, 0.3) is 11.0 Å². The quantitative estimate of drug-likeness (QED) is 0.789. The Morgan fingerprint density at radius 1 is 1.32 bits per heavy atom. The maximum Gasteiger partial charge on any atom is 0.243 e. The summed E-state index contributed by atoms with van der Waals surface area (Å²) < 4.78 is 0. The molecule has 0 unspecified atom stereocenters. The second-order valence-electron chi connectivity index (χ2n) is 4.59. The molecule has 3 rings (SSSR count). The number of benzene rings is 1. The van der Waals surface area contributed by atoms with Crippen LogP contribution >= 0.6 is 12.4 Å². The number of halogens is 1. The Kier molecular flexibility index (Phi) is 4.39. The van der Waals surface area contributed by atoms with Crippen molar-refractivity contribution in [1.82, 2.24) is 15.3 Å². The van der Waals surface area contributed by atoms with Gasteiger partial charge in [0.25, 0.3) is 0 Å². The summed E-state index contributed by atoms with van der Waals surface area (Å²) in [6.07, 6.45) is 3.14. The first kappa shape index (κ1) is 13.8. The van der Waals surface area contributed by atoms with E-state index in [2.05, 4.69) is 20.6 Å². The maximum atomic E-state index is 12.0. The van der Waals surface area contributed by atoms with Crippen LogP contribution in [0.15, 0.2) is 24.3 Å². The molecule has 0 aliphatic carbocycles. The number of hydrogen-bond acceptors (Lipinski definition) is 3. The van der Waals surface area contributed by atoms with Crippen molar-refractivity contribution in [1.29, 1.82) is 0 Å². The molecule has 6 heteroatoms. The number of imidazole rings is 1. The molecular formula is C13H17ClN4O. The number of aromatic nitrogens is 2. The number of para-hydroxylation sites is 2. The van der Waals surface area contributed by atoms with E-state index in [-0.39, 0.29) is 24.4 Å². The number of aromatic amines is 1. The maximum absolute atomic E-state index is 12.0. The summed E-state index contributed by atoms with van der Waals surface area (Å²) in [5.74, 6) is 0.516. The minimum Gasteiger partial charge on any atom is -0.324 e.